The van der Waals surface area contributed by atoms with Crippen LogP contribution in [0, 0.1) is 0 Å². The van der Waals surface area contributed by atoms with Crippen LogP contribution >= 0.6 is 11.6 Å². The maximum atomic E-state index is 12.7. The second-order valence-corrected chi connectivity index (χ2v) is 9.42. The van der Waals surface area contributed by atoms with E-state index in [9.17, 15) is 18.0 Å². The third-order valence-corrected chi connectivity index (χ3v) is 7.12. The molecule has 0 radical (unpaired) electrons. The molecule has 0 spiro atoms. The minimum Gasteiger partial charge on any atom is -0.467 e. The molecule has 1 atom stereocenters. The normalized spacial score (nSPS) is 16.3. The lowest BCUT2D eigenvalue weighted by atomic mass is 10.2. The topological polar surface area (TPSA) is 99.9 Å². The van der Waals surface area contributed by atoms with Crippen molar-refractivity contribution < 1.29 is 22.4 Å². The van der Waals surface area contributed by atoms with E-state index in [0.717, 1.165) is 0 Å². The summed E-state index contributed by atoms with van der Waals surface area (Å²) in [6, 6.07) is 9.25. The summed E-state index contributed by atoms with van der Waals surface area (Å²) in [7, 11) is -3.62. The standard InChI is InChI=1S/C20H24ClN3O5S/c1-15(18-3-2-14-29-18)22-19(25)8-9-20(26)23-10-12-24(13-11-23)30(27,28)17-6-4-16(21)5-7-17/h2-7,14-15H,8-13H2,1H3,(H,22,25)/t15-/m1/s1. The Bertz CT molecular complexity index is 968. The summed E-state index contributed by atoms with van der Waals surface area (Å²) in [5.74, 6) is 0.239. The molecule has 1 aromatic carbocycles. The number of rotatable bonds is 7. The highest BCUT2D eigenvalue weighted by molar-refractivity contribution is 7.89. The Balaban J connectivity index is 1.46. The van der Waals surface area contributed by atoms with Gasteiger partial charge in [0, 0.05) is 44.0 Å². The molecule has 0 unspecified atom stereocenters. The SMILES string of the molecule is C[C@@H](NC(=O)CCC(=O)N1CCN(S(=O)(=O)c2ccc(Cl)cc2)CC1)c1ccco1. The largest absolute Gasteiger partial charge is 0.467 e. The van der Waals surface area contributed by atoms with Crippen LogP contribution in [0.5, 0.6) is 0 Å². The highest BCUT2D eigenvalue weighted by Gasteiger charge is 2.30. The van der Waals surface area contributed by atoms with Gasteiger partial charge < -0.3 is 14.6 Å². The Morgan fingerprint density at radius 1 is 1.10 bits per heavy atom. The minimum absolute atomic E-state index is 0.0627. The number of halogens is 1. The Hall–Kier alpha value is -2.36. The van der Waals surface area contributed by atoms with Crippen LogP contribution in [0.3, 0.4) is 0 Å². The highest BCUT2D eigenvalue weighted by Crippen LogP contribution is 2.20. The van der Waals surface area contributed by atoms with Crippen molar-refractivity contribution in [3.05, 3.63) is 53.4 Å². The number of carbonyl (C=O) groups is 2. The molecule has 162 valence electrons. The second kappa shape index (κ2) is 9.63. The average Bonchev–Trinajstić information content (AvgIpc) is 3.27. The maximum Gasteiger partial charge on any atom is 0.243 e. The zero-order chi connectivity index (χ0) is 21.7. The average molecular weight is 454 g/mol. The third-order valence-electron chi connectivity index (χ3n) is 4.96. The zero-order valence-electron chi connectivity index (χ0n) is 16.6. The van der Waals surface area contributed by atoms with E-state index in [1.54, 1.807) is 24.0 Å². The summed E-state index contributed by atoms with van der Waals surface area (Å²) < 4.78 is 32.0. The van der Waals surface area contributed by atoms with Crippen LogP contribution in [0.25, 0.3) is 0 Å². The lowest BCUT2D eigenvalue weighted by Gasteiger charge is -2.34. The number of benzene rings is 1. The van der Waals surface area contributed by atoms with Gasteiger partial charge in [-0.2, -0.15) is 4.31 Å². The van der Waals surface area contributed by atoms with Gasteiger partial charge in [-0.1, -0.05) is 11.6 Å². The predicted octanol–water partition coefficient (Wildman–Crippen LogP) is 2.42. The van der Waals surface area contributed by atoms with Crippen LogP contribution in [-0.4, -0.2) is 55.6 Å². The van der Waals surface area contributed by atoms with Crippen LogP contribution in [0.4, 0.5) is 0 Å². The van der Waals surface area contributed by atoms with E-state index in [1.165, 1.54) is 34.8 Å². The summed E-state index contributed by atoms with van der Waals surface area (Å²) in [6.07, 6.45) is 1.67. The molecule has 2 heterocycles. The number of carbonyl (C=O) groups excluding carboxylic acids is 2. The first kappa shape index (κ1) is 22.3. The predicted molar refractivity (Wildman–Crippen MR) is 111 cm³/mol. The van der Waals surface area contributed by atoms with Gasteiger partial charge in [0.25, 0.3) is 0 Å². The Labute approximate surface area is 180 Å². The second-order valence-electron chi connectivity index (χ2n) is 7.04. The molecule has 1 saturated heterocycles. The van der Waals surface area contributed by atoms with Gasteiger partial charge in [0.15, 0.2) is 0 Å². The van der Waals surface area contributed by atoms with Gasteiger partial charge in [-0.25, -0.2) is 8.42 Å². The van der Waals surface area contributed by atoms with Crippen LogP contribution in [0.2, 0.25) is 5.02 Å². The van der Waals surface area contributed by atoms with Gasteiger partial charge in [-0.05, 0) is 43.3 Å². The van der Waals surface area contributed by atoms with Crippen molar-refractivity contribution in [3.8, 4) is 0 Å². The smallest absolute Gasteiger partial charge is 0.243 e. The van der Waals surface area contributed by atoms with Crippen LogP contribution in [0.1, 0.15) is 31.6 Å². The zero-order valence-corrected chi connectivity index (χ0v) is 18.2. The van der Waals surface area contributed by atoms with E-state index in [2.05, 4.69) is 5.32 Å². The molecule has 3 rings (SSSR count). The maximum absolute atomic E-state index is 12.7. The molecular weight excluding hydrogens is 430 g/mol. The van der Waals surface area contributed by atoms with Gasteiger partial charge in [0.1, 0.15) is 5.76 Å². The van der Waals surface area contributed by atoms with Gasteiger partial charge in [-0.3, -0.25) is 9.59 Å². The lowest BCUT2D eigenvalue weighted by molar-refractivity contribution is -0.134. The quantitative estimate of drug-likeness (QED) is 0.694. The molecule has 1 aliphatic rings. The van der Waals surface area contributed by atoms with Crippen LogP contribution < -0.4 is 5.32 Å². The lowest BCUT2D eigenvalue weighted by Crippen LogP contribution is -2.50. The minimum atomic E-state index is -3.62. The Morgan fingerprint density at radius 3 is 2.37 bits per heavy atom. The first-order chi connectivity index (χ1) is 14.3. The fraction of sp³-hybridized carbons (Fsp3) is 0.400. The van der Waals surface area contributed by atoms with Crippen molar-refractivity contribution in [3.63, 3.8) is 0 Å². The van der Waals surface area contributed by atoms with Crippen molar-refractivity contribution in [1.82, 2.24) is 14.5 Å². The number of sulfonamides is 1. The Morgan fingerprint density at radius 2 is 1.77 bits per heavy atom. The van der Waals surface area contributed by atoms with E-state index >= 15 is 0 Å². The molecule has 8 nitrogen and oxygen atoms in total. The molecule has 2 amide bonds. The number of furan rings is 1. The van der Waals surface area contributed by atoms with Crippen molar-refractivity contribution >= 4 is 33.4 Å². The highest BCUT2D eigenvalue weighted by atomic mass is 35.5. The van der Waals surface area contributed by atoms with E-state index in [-0.39, 0.29) is 61.8 Å². The van der Waals surface area contributed by atoms with Crippen molar-refractivity contribution in [2.45, 2.75) is 30.7 Å². The van der Waals surface area contributed by atoms with E-state index in [4.69, 9.17) is 16.0 Å². The number of nitrogens with one attached hydrogen (secondary N) is 1. The molecule has 2 aromatic rings. The van der Waals surface area contributed by atoms with E-state index in [1.807, 2.05) is 0 Å². The fourth-order valence-electron chi connectivity index (χ4n) is 3.23. The van der Waals surface area contributed by atoms with Gasteiger partial charge in [0.2, 0.25) is 21.8 Å². The van der Waals surface area contributed by atoms with E-state index < -0.39 is 10.0 Å². The fourth-order valence-corrected chi connectivity index (χ4v) is 4.78. The molecule has 1 aromatic heterocycles. The molecule has 30 heavy (non-hydrogen) atoms. The number of amides is 2. The molecule has 0 aliphatic carbocycles. The van der Waals surface area contributed by atoms with Crippen molar-refractivity contribution in [1.29, 1.82) is 0 Å². The molecular formula is C20H24ClN3O5S. The first-order valence-electron chi connectivity index (χ1n) is 9.63. The van der Waals surface area contributed by atoms with E-state index in [0.29, 0.717) is 10.8 Å². The summed E-state index contributed by atoms with van der Waals surface area (Å²) in [5, 5.41) is 3.25. The molecule has 1 fully saturated rings. The van der Waals surface area contributed by atoms with Crippen molar-refractivity contribution in [2.24, 2.45) is 0 Å². The van der Waals surface area contributed by atoms with Gasteiger partial charge >= 0.3 is 0 Å². The summed E-state index contributed by atoms with van der Waals surface area (Å²) >= 11 is 5.82. The number of nitrogens with zero attached hydrogens (tertiary/aromatic N) is 2. The monoisotopic (exact) mass is 453 g/mol. The van der Waals surface area contributed by atoms with Crippen LogP contribution in [-0.2, 0) is 19.6 Å². The molecule has 0 saturated carbocycles. The number of hydrogen-bond acceptors (Lipinski definition) is 5. The van der Waals surface area contributed by atoms with Crippen LogP contribution in [0.15, 0.2) is 52.0 Å². The first-order valence-corrected chi connectivity index (χ1v) is 11.5. The summed E-state index contributed by atoms with van der Waals surface area (Å²) in [4.78, 5) is 26.3. The number of piperazine rings is 1. The molecule has 0 bridgehead atoms. The molecule has 1 aliphatic heterocycles. The third kappa shape index (κ3) is 5.41. The molecule has 1 N–H and O–H groups in total. The summed E-state index contributed by atoms with van der Waals surface area (Å²) in [5.41, 5.74) is 0. The van der Waals surface area contributed by atoms with Gasteiger partial charge in [0.05, 0.1) is 17.2 Å². The number of hydrogen-bond donors (Lipinski definition) is 1. The van der Waals surface area contributed by atoms with Gasteiger partial charge in [-0.15, -0.1) is 0 Å². The molecule has 10 heteroatoms. The Kier molecular flexibility index (Phi) is 7.17. The van der Waals surface area contributed by atoms with Crippen molar-refractivity contribution in [2.75, 3.05) is 26.2 Å². The summed E-state index contributed by atoms with van der Waals surface area (Å²) in [6.45, 7) is 2.79.